The molecule has 5 aromatic rings. The largest absolute Gasteiger partial charge is 0.465 e. The van der Waals surface area contributed by atoms with Crippen molar-refractivity contribution in [2.24, 2.45) is 0 Å². The van der Waals surface area contributed by atoms with E-state index in [-0.39, 0.29) is 23.7 Å². The maximum Gasteiger partial charge on any atom is 0.410 e. The summed E-state index contributed by atoms with van der Waals surface area (Å²) < 4.78 is 10.7. The second-order valence-corrected chi connectivity index (χ2v) is 16.7. The van der Waals surface area contributed by atoms with E-state index in [1.807, 2.05) is 73.7 Å². The fourth-order valence-electron chi connectivity index (χ4n) is 6.20. The van der Waals surface area contributed by atoms with Crippen molar-refractivity contribution in [2.45, 2.75) is 56.4 Å². The number of rotatable bonds is 11. The molecule has 298 valence electrons. The number of hydrogen-bond acceptors (Lipinski definition) is 9. The molecular formula is C45H44N4O7S2. The number of nitrogens with one attached hydrogen (secondary N) is 3. The molecule has 2 heterocycles. The van der Waals surface area contributed by atoms with Gasteiger partial charge in [-0.05, 0) is 92.8 Å². The smallest absolute Gasteiger partial charge is 0.410 e. The second-order valence-electron chi connectivity index (χ2n) is 14.5. The van der Waals surface area contributed by atoms with Gasteiger partial charge in [-0.1, -0.05) is 78.9 Å². The number of benzene rings is 4. The number of methoxy groups -OCH3 is 1. The van der Waals surface area contributed by atoms with Crippen molar-refractivity contribution in [1.82, 2.24) is 10.2 Å². The van der Waals surface area contributed by atoms with Crippen molar-refractivity contribution in [3.05, 3.63) is 153 Å². The molecule has 6 rings (SSSR count). The Labute approximate surface area is 345 Å². The summed E-state index contributed by atoms with van der Waals surface area (Å²) in [5.41, 5.74) is 3.64. The first-order valence-electron chi connectivity index (χ1n) is 18.6. The minimum Gasteiger partial charge on any atom is -0.465 e. The maximum atomic E-state index is 14.3. The summed E-state index contributed by atoms with van der Waals surface area (Å²) in [6.45, 7) is 7.90. The number of anilines is 2. The van der Waals surface area contributed by atoms with Crippen LogP contribution in [0.2, 0.25) is 0 Å². The van der Waals surface area contributed by atoms with Crippen molar-refractivity contribution >= 4 is 69.6 Å². The molecule has 0 saturated heterocycles. The van der Waals surface area contributed by atoms with Crippen LogP contribution in [-0.4, -0.2) is 53.9 Å². The highest BCUT2D eigenvalue weighted by Gasteiger charge is 2.34. The van der Waals surface area contributed by atoms with Crippen molar-refractivity contribution < 1.29 is 33.4 Å². The molecule has 13 heteroatoms. The summed E-state index contributed by atoms with van der Waals surface area (Å²) in [5.74, 6) is -1.93. The number of ether oxygens (including phenoxy) is 2. The highest BCUT2D eigenvalue weighted by atomic mass is 32.2. The Morgan fingerprint density at radius 2 is 1.55 bits per heavy atom. The molecule has 4 aromatic carbocycles. The van der Waals surface area contributed by atoms with Crippen LogP contribution in [0.25, 0.3) is 6.08 Å². The highest BCUT2D eigenvalue weighted by Crippen LogP contribution is 2.41. The van der Waals surface area contributed by atoms with E-state index < -0.39 is 34.7 Å². The molecule has 1 aliphatic heterocycles. The van der Waals surface area contributed by atoms with Gasteiger partial charge in [0.15, 0.2) is 0 Å². The monoisotopic (exact) mass is 816 g/mol. The lowest BCUT2D eigenvalue weighted by Gasteiger charge is -2.30. The zero-order valence-electron chi connectivity index (χ0n) is 32.8. The van der Waals surface area contributed by atoms with Gasteiger partial charge in [0.1, 0.15) is 21.5 Å². The Bertz CT molecular complexity index is 2350. The third-order valence-corrected chi connectivity index (χ3v) is 11.4. The van der Waals surface area contributed by atoms with E-state index in [0.29, 0.717) is 39.7 Å². The predicted molar refractivity (Wildman–Crippen MR) is 228 cm³/mol. The van der Waals surface area contributed by atoms with Crippen molar-refractivity contribution in [1.29, 1.82) is 0 Å². The van der Waals surface area contributed by atoms with Gasteiger partial charge in [0.2, 0.25) is 5.91 Å². The average Bonchev–Trinajstić information content (AvgIpc) is 3.57. The predicted octanol–water partition coefficient (Wildman–Crippen LogP) is 9.02. The first kappa shape index (κ1) is 41.5. The molecule has 11 nitrogen and oxygen atoms in total. The first-order chi connectivity index (χ1) is 27.8. The van der Waals surface area contributed by atoms with Gasteiger partial charge in [0.05, 0.1) is 19.2 Å². The summed E-state index contributed by atoms with van der Waals surface area (Å²) in [5, 5.41) is 8.26. The summed E-state index contributed by atoms with van der Waals surface area (Å²) in [7, 11) is 1.29. The SMILES string of the molecule is COC(=O)c1c(NC(=O)C(Sc2cccc(NC(=O)/C(=C/c3ccccc3C)NC(=O)c3ccccc3)c2)c2ccccc2)sc2c1CCN(C(=O)OC(C)(C)C)C2. The Kier molecular flexibility index (Phi) is 13.1. The van der Waals surface area contributed by atoms with Crippen molar-refractivity contribution in [3.63, 3.8) is 0 Å². The molecule has 58 heavy (non-hydrogen) atoms. The summed E-state index contributed by atoms with van der Waals surface area (Å²) >= 11 is 2.50. The molecule has 0 spiro atoms. The molecule has 1 aliphatic rings. The number of fused-ring (bicyclic) bond motifs is 1. The Balaban J connectivity index is 1.24. The van der Waals surface area contributed by atoms with Crippen molar-refractivity contribution in [2.75, 3.05) is 24.3 Å². The van der Waals surface area contributed by atoms with E-state index in [2.05, 4.69) is 16.0 Å². The van der Waals surface area contributed by atoms with Gasteiger partial charge in [-0.15, -0.1) is 23.1 Å². The van der Waals surface area contributed by atoms with Crippen LogP contribution in [0.5, 0.6) is 0 Å². The Morgan fingerprint density at radius 3 is 2.24 bits per heavy atom. The van der Waals surface area contributed by atoms with Crippen LogP contribution in [0, 0.1) is 6.92 Å². The zero-order valence-corrected chi connectivity index (χ0v) is 34.4. The zero-order chi connectivity index (χ0) is 41.4. The standard InChI is InChI=1S/C45H44N4O7S2/c1-28-15-12-13-20-31(28)25-35(47-39(50)30-18-10-7-11-19-30)40(51)46-32-21-14-22-33(26-32)57-38(29-16-8-6-9-17-29)41(52)48-42-37(43(53)55-5)34-23-24-49(27-36(34)58-42)44(54)56-45(2,3)4/h6-22,25-26,38H,23-24,27H2,1-5H3,(H,46,51)(H,47,50)(H,48,52)/b35-25-. The number of nitrogens with zero attached hydrogens (tertiary/aromatic N) is 1. The number of carbonyl (C=O) groups is 5. The van der Waals surface area contributed by atoms with Gasteiger partial charge in [0.25, 0.3) is 11.8 Å². The molecule has 1 unspecified atom stereocenters. The number of hydrogen-bond donors (Lipinski definition) is 3. The van der Waals surface area contributed by atoms with Gasteiger partial charge in [0, 0.05) is 27.6 Å². The van der Waals surface area contributed by atoms with Crippen LogP contribution in [-0.2, 0) is 32.0 Å². The van der Waals surface area contributed by atoms with Crippen LogP contribution in [0.3, 0.4) is 0 Å². The van der Waals surface area contributed by atoms with Gasteiger partial charge in [-0.2, -0.15) is 0 Å². The topological polar surface area (TPSA) is 143 Å². The summed E-state index contributed by atoms with van der Waals surface area (Å²) in [6, 6.07) is 32.5. The lowest BCUT2D eigenvalue weighted by Crippen LogP contribution is -2.39. The highest BCUT2D eigenvalue weighted by molar-refractivity contribution is 8.00. The third-order valence-electron chi connectivity index (χ3n) is 9.04. The second kappa shape index (κ2) is 18.4. The number of carbonyl (C=O) groups excluding carboxylic acids is 5. The molecule has 4 amide bonds. The minimum absolute atomic E-state index is 0.0528. The number of thiophene rings is 1. The van der Waals surface area contributed by atoms with Crippen molar-refractivity contribution in [3.8, 4) is 0 Å². The number of amides is 4. The lowest BCUT2D eigenvalue weighted by molar-refractivity contribution is -0.116. The molecule has 1 atom stereocenters. The van der Waals surface area contributed by atoms with Crippen LogP contribution in [0.4, 0.5) is 15.5 Å². The molecule has 0 saturated carbocycles. The third kappa shape index (κ3) is 10.4. The quantitative estimate of drug-likeness (QED) is 0.0681. The number of aryl methyl sites for hydroxylation is 1. The van der Waals surface area contributed by atoms with E-state index in [4.69, 9.17) is 9.47 Å². The van der Waals surface area contributed by atoms with Gasteiger partial charge in [-0.25, -0.2) is 9.59 Å². The molecule has 0 bridgehead atoms. The van der Waals surface area contributed by atoms with E-state index in [1.165, 1.54) is 30.2 Å². The molecule has 1 aromatic heterocycles. The van der Waals surface area contributed by atoms with E-state index in [9.17, 15) is 24.0 Å². The minimum atomic E-state index is -0.781. The normalized spacial score (nSPS) is 13.1. The van der Waals surface area contributed by atoms with Crippen LogP contribution < -0.4 is 16.0 Å². The van der Waals surface area contributed by atoms with Crippen LogP contribution in [0.1, 0.15) is 73.9 Å². The number of esters is 1. The van der Waals surface area contributed by atoms with E-state index in [1.54, 1.807) is 74.2 Å². The van der Waals surface area contributed by atoms with Crippen LogP contribution in [0.15, 0.2) is 120 Å². The average molecular weight is 817 g/mol. The Hall–Kier alpha value is -6.18. The maximum absolute atomic E-state index is 14.3. The van der Waals surface area contributed by atoms with Gasteiger partial charge in [-0.3, -0.25) is 14.4 Å². The molecule has 0 aliphatic carbocycles. The Morgan fingerprint density at radius 1 is 0.862 bits per heavy atom. The van der Waals surface area contributed by atoms with Gasteiger partial charge >= 0.3 is 12.1 Å². The molecule has 0 radical (unpaired) electrons. The van der Waals surface area contributed by atoms with Gasteiger partial charge < -0.3 is 30.3 Å². The molecule has 3 N–H and O–H groups in total. The molecular weight excluding hydrogens is 773 g/mol. The van der Waals surface area contributed by atoms with E-state index in [0.717, 1.165) is 21.6 Å². The van der Waals surface area contributed by atoms with Crippen LogP contribution >= 0.6 is 23.1 Å². The first-order valence-corrected chi connectivity index (χ1v) is 20.3. The number of thioether (sulfide) groups is 1. The fourth-order valence-corrected chi connectivity index (χ4v) is 8.54. The van der Waals surface area contributed by atoms with E-state index >= 15 is 0 Å². The molecule has 0 fully saturated rings. The summed E-state index contributed by atoms with van der Waals surface area (Å²) in [6.07, 6.45) is 1.57. The fraction of sp³-hybridized carbons (Fsp3) is 0.222. The summed E-state index contributed by atoms with van der Waals surface area (Å²) in [4.78, 5) is 70.4. The lowest BCUT2D eigenvalue weighted by atomic mass is 10.0.